The monoisotopic (exact) mass is 558 g/mol. The van der Waals surface area contributed by atoms with Gasteiger partial charge in [0.15, 0.2) is 0 Å². The van der Waals surface area contributed by atoms with E-state index in [0.717, 1.165) is 51.0 Å². The van der Waals surface area contributed by atoms with Gasteiger partial charge < -0.3 is 15.2 Å². The minimum absolute atomic E-state index is 0.0251. The Labute approximate surface area is 229 Å². The molecule has 0 spiro atoms. The van der Waals surface area contributed by atoms with E-state index in [1.165, 1.54) is 16.7 Å². The third-order valence-corrected chi connectivity index (χ3v) is 9.58. The van der Waals surface area contributed by atoms with Crippen LogP contribution in [0, 0.1) is 5.41 Å². The van der Waals surface area contributed by atoms with Gasteiger partial charge in [-0.2, -0.15) is 0 Å². The zero-order valence-electron chi connectivity index (χ0n) is 21.9. The summed E-state index contributed by atoms with van der Waals surface area (Å²) in [6.07, 6.45) is 13.4. The van der Waals surface area contributed by atoms with Crippen molar-refractivity contribution < 1.29 is 17.9 Å². The Hall–Kier alpha value is -2.46. The van der Waals surface area contributed by atoms with Crippen molar-refractivity contribution in [3.8, 4) is 5.88 Å². The molecule has 2 unspecified atom stereocenters. The number of ether oxygens (including phenoxy) is 2. The maximum Gasteiger partial charge on any atom is 0.260 e. The third-order valence-electron chi connectivity index (χ3n) is 8.18. The lowest BCUT2D eigenvalue weighted by Gasteiger charge is -2.41. The number of nitrogens with two attached hydrogens (primary N) is 1. The van der Waals surface area contributed by atoms with Crippen LogP contribution in [0.2, 0.25) is 0 Å². The molecule has 38 heavy (non-hydrogen) atoms. The molecule has 204 valence electrons. The second kappa shape index (κ2) is 11.0. The standard InChI is InChI=1S/C28H35ClN4O4S/c1-28(10-5-22(6-11-28)38(29,34)35)26-4-3-20(18-37-26)23-7-12-31-16-21(23)17-33-13-8-19-15-24(30)27(36-2)32-25(19)9-14-33/h5-7,10,12,15-16,20,26H,3-4,8-9,11,13-14,17-18,30H2,1-2H3/t20?,26-,28?/m1/s1. The molecule has 0 aromatic carbocycles. The molecule has 2 aromatic heterocycles. The van der Waals surface area contributed by atoms with Gasteiger partial charge in [-0.1, -0.05) is 19.1 Å². The van der Waals surface area contributed by atoms with Crippen LogP contribution in [0.15, 0.2) is 47.7 Å². The van der Waals surface area contributed by atoms with Crippen LogP contribution in [0.1, 0.15) is 54.5 Å². The van der Waals surface area contributed by atoms with E-state index in [1.54, 1.807) is 19.3 Å². The van der Waals surface area contributed by atoms with E-state index in [-0.39, 0.29) is 16.4 Å². The van der Waals surface area contributed by atoms with Crippen molar-refractivity contribution in [3.63, 3.8) is 0 Å². The summed E-state index contributed by atoms with van der Waals surface area (Å²) in [5.74, 6) is 0.796. The summed E-state index contributed by atoms with van der Waals surface area (Å²) in [6.45, 7) is 5.41. The Bertz CT molecular complexity index is 1350. The molecule has 0 amide bonds. The first-order valence-electron chi connectivity index (χ1n) is 13.1. The lowest BCUT2D eigenvalue weighted by atomic mass is 9.74. The van der Waals surface area contributed by atoms with E-state index in [1.807, 2.05) is 24.5 Å². The van der Waals surface area contributed by atoms with Crippen molar-refractivity contribution in [2.24, 2.45) is 5.41 Å². The summed E-state index contributed by atoms with van der Waals surface area (Å²) >= 11 is 0. The van der Waals surface area contributed by atoms with E-state index in [4.69, 9.17) is 25.9 Å². The summed E-state index contributed by atoms with van der Waals surface area (Å²) < 4.78 is 35.1. The van der Waals surface area contributed by atoms with Crippen molar-refractivity contribution in [2.75, 3.05) is 32.5 Å². The van der Waals surface area contributed by atoms with Crippen molar-refractivity contribution >= 4 is 25.4 Å². The van der Waals surface area contributed by atoms with Crippen LogP contribution in [0.25, 0.3) is 0 Å². The van der Waals surface area contributed by atoms with E-state index < -0.39 is 9.05 Å². The zero-order valence-corrected chi connectivity index (χ0v) is 23.5. The molecule has 5 rings (SSSR count). The van der Waals surface area contributed by atoms with Crippen LogP contribution in [-0.2, 0) is 33.2 Å². The van der Waals surface area contributed by atoms with E-state index in [9.17, 15) is 8.42 Å². The molecule has 4 heterocycles. The van der Waals surface area contributed by atoms with E-state index in [2.05, 4.69) is 27.9 Å². The van der Waals surface area contributed by atoms with Gasteiger partial charge in [0.2, 0.25) is 5.88 Å². The van der Waals surface area contributed by atoms with E-state index in [0.29, 0.717) is 30.5 Å². The molecule has 0 saturated carbocycles. The normalized spacial score (nSPS) is 26.3. The summed E-state index contributed by atoms with van der Waals surface area (Å²) in [5.41, 5.74) is 11.2. The first-order valence-corrected chi connectivity index (χ1v) is 15.4. The maximum absolute atomic E-state index is 11.7. The number of fused-ring (bicyclic) bond motifs is 1. The lowest BCUT2D eigenvalue weighted by molar-refractivity contribution is -0.0517. The second-order valence-electron chi connectivity index (χ2n) is 10.7. The van der Waals surface area contributed by atoms with Crippen molar-refractivity contribution in [1.82, 2.24) is 14.9 Å². The van der Waals surface area contributed by atoms with Crippen molar-refractivity contribution in [3.05, 3.63) is 70.0 Å². The number of nitrogen functional groups attached to an aromatic ring is 1. The Kier molecular flexibility index (Phi) is 7.82. The van der Waals surface area contributed by atoms with Gasteiger partial charge in [-0.05, 0) is 60.6 Å². The molecule has 8 nitrogen and oxygen atoms in total. The molecule has 0 bridgehead atoms. The fourth-order valence-corrected chi connectivity index (χ4v) is 6.73. The number of allylic oxidation sites excluding steroid dienone is 2. The summed E-state index contributed by atoms with van der Waals surface area (Å²) in [7, 11) is 3.40. The average molecular weight is 559 g/mol. The lowest BCUT2D eigenvalue weighted by Crippen LogP contribution is -2.38. The third kappa shape index (κ3) is 5.76. The van der Waals surface area contributed by atoms with Gasteiger partial charge in [-0.25, -0.2) is 13.4 Å². The minimum Gasteiger partial charge on any atom is -0.480 e. The highest BCUT2D eigenvalue weighted by atomic mass is 35.7. The van der Waals surface area contributed by atoms with Crippen molar-refractivity contribution in [2.45, 2.75) is 57.6 Å². The van der Waals surface area contributed by atoms with E-state index >= 15 is 0 Å². The Morgan fingerprint density at radius 3 is 2.79 bits per heavy atom. The van der Waals surface area contributed by atoms with Crippen LogP contribution in [0.3, 0.4) is 0 Å². The zero-order chi connectivity index (χ0) is 26.9. The molecule has 1 fully saturated rings. The second-order valence-corrected chi connectivity index (χ2v) is 13.3. The highest BCUT2D eigenvalue weighted by Gasteiger charge is 2.38. The first-order chi connectivity index (χ1) is 18.2. The molecule has 2 aliphatic heterocycles. The van der Waals surface area contributed by atoms with Gasteiger partial charge >= 0.3 is 0 Å². The quantitative estimate of drug-likeness (QED) is 0.521. The first kappa shape index (κ1) is 27.1. The SMILES string of the molecule is COc1nc2c(cc1N)CCN(Cc1cnccc1C1CC[C@H](C3(C)C=CC(S(=O)(=O)Cl)=CC3)OC1)CC2. The molecule has 3 atom stereocenters. The topological polar surface area (TPSA) is 108 Å². The number of methoxy groups -OCH3 is 1. The minimum atomic E-state index is -3.71. The molecular formula is C28H35ClN4O4S. The van der Waals surface area contributed by atoms with Crippen LogP contribution in [0.4, 0.5) is 5.69 Å². The largest absolute Gasteiger partial charge is 0.480 e. The van der Waals surface area contributed by atoms with Crippen LogP contribution in [-0.4, -0.2) is 56.2 Å². The maximum atomic E-state index is 11.7. The number of rotatable bonds is 6. The molecule has 0 radical (unpaired) electrons. The van der Waals surface area contributed by atoms with Gasteiger partial charge in [-0.3, -0.25) is 9.88 Å². The molecule has 3 aliphatic rings. The van der Waals surface area contributed by atoms with Gasteiger partial charge in [0.25, 0.3) is 9.05 Å². The average Bonchev–Trinajstić information content (AvgIpc) is 3.10. The highest BCUT2D eigenvalue weighted by molar-refractivity contribution is 8.17. The Balaban J connectivity index is 1.22. The molecule has 10 heteroatoms. The van der Waals surface area contributed by atoms with Gasteiger partial charge in [0.1, 0.15) is 0 Å². The fourth-order valence-electron chi connectivity index (χ4n) is 5.88. The molecule has 1 saturated heterocycles. The van der Waals surface area contributed by atoms with Crippen LogP contribution < -0.4 is 10.5 Å². The number of hydrogen-bond acceptors (Lipinski definition) is 8. The molecule has 2 N–H and O–H groups in total. The summed E-state index contributed by atoms with van der Waals surface area (Å²) in [6, 6.07) is 4.13. The number of halogens is 1. The van der Waals surface area contributed by atoms with Crippen LogP contribution >= 0.6 is 10.7 Å². The molecular weight excluding hydrogens is 524 g/mol. The predicted octanol–water partition coefficient (Wildman–Crippen LogP) is 4.35. The molecule has 1 aliphatic carbocycles. The molecule has 2 aromatic rings. The van der Waals surface area contributed by atoms with Crippen molar-refractivity contribution in [1.29, 1.82) is 0 Å². The predicted molar refractivity (Wildman–Crippen MR) is 149 cm³/mol. The summed E-state index contributed by atoms with van der Waals surface area (Å²) in [5, 5.41) is 0. The highest BCUT2D eigenvalue weighted by Crippen LogP contribution is 2.42. The smallest absolute Gasteiger partial charge is 0.260 e. The van der Waals surface area contributed by atoms with Gasteiger partial charge in [-0.15, -0.1) is 0 Å². The van der Waals surface area contributed by atoms with Gasteiger partial charge in [0.05, 0.1) is 30.4 Å². The number of hydrogen-bond donors (Lipinski definition) is 1. The number of aromatic nitrogens is 2. The Morgan fingerprint density at radius 2 is 2.11 bits per heavy atom. The summed E-state index contributed by atoms with van der Waals surface area (Å²) in [4.78, 5) is 11.7. The van der Waals surface area contributed by atoms with Crippen LogP contribution in [0.5, 0.6) is 5.88 Å². The number of pyridine rings is 2. The van der Waals surface area contributed by atoms with Gasteiger partial charge in [0, 0.05) is 66.2 Å². The number of anilines is 1. The fraction of sp³-hybridized carbons (Fsp3) is 0.500. The Morgan fingerprint density at radius 1 is 1.29 bits per heavy atom. The number of nitrogens with zero attached hydrogens (tertiary/aromatic N) is 3.